The Hall–Kier alpha value is -1.06. The van der Waals surface area contributed by atoms with Crippen LogP contribution in [0.25, 0.3) is 0 Å². The van der Waals surface area contributed by atoms with E-state index in [1.54, 1.807) is 0 Å². The molecule has 0 fully saturated rings. The number of nitrogens with one attached hydrogen (secondary N) is 1. The Morgan fingerprint density at radius 3 is 2.25 bits per heavy atom. The highest BCUT2D eigenvalue weighted by atomic mass is 35.5. The molecule has 1 aromatic carbocycles. The first-order chi connectivity index (χ1) is 8.80. The summed E-state index contributed by atoms with van der Waals surface area (Å²) in [5, 5.41) is 3.13. The minimum atomic E-state index is -0.0225. The Kier molecular flexibility index (Phi) is 7.84. The molecule has 4 heteroatoms. The third-order valence-corrected chi connectivity index (χ3v) is 3.13. The summed E-state index contributed by atoms with van der Waals surface area (Å²) in [4.78, 5) is 12.0. The molecular weight excluding hydrogens is 272 g/mol. The van der Waals surface area contributed by atoms with Gasteiger partial charge in [-0.3, -0.25) is 4.79 Å². The van der Waals surface area contributed by atoms with Gasteiger partial charge in [-0.15, -0.1) is 12.4 Å². The van der Waals surface area contributed by atoms with Gasteiger partial charge in [0.25, 0.3) is 0 Å². The average molecular weight is 299 g/mol. The van der Waals surface area contributed by atoms with Crippen molar-refractivity contribution >= 4 is 18.3 Å². The maximum absolute atomic E-state index is 12.0. The molecule has 2 unspecified atom stereocenters. The van der Waals surface area contributed by atoms with Crippen LogP contribution >= 0.6 is 12.4 Å². The first kappa shape index (κ1) is 18.9. The SMILES string of the molecule is CC(N)CCC(=O)NC(c1ccccc1)C(C)(C)C.Cl. The molecule has 1 amide bonds. The van der Waals surface area contributed by atoms with E-state index in [9.17, 15) is 4.79 Å². The highest BCUT2D eigenvalue weighted by Crippen LogP contribution is 2.32. The van der Waals surface area contributed by atoms with Crippen LogP contribution in [0.4, 0.5) is 0 Å². The molecular formula is C16H27ClN2O. The van der Waals surface area contributed by atoms with Gasteiger partial charge in [0.05, 0.1) is 6.04 Å². The van der Waals surface area contributed by atoms with E-state index in [-0.39, 0.29) is 35.8 Å². The molecule has 0 heterocycles. The van der Waals surface area contributed by atoms with Crippen molar-refractivity contribution in [2.45, 2.75) is 52.6 Å². The van der Waals surface area contributed by atoms with Gasteiger partial charge in [0, 0.05) is 12.5 Å². The molecule has 0 aromatic heterocycles. The summed E-state index contributed by atoms with van der Waals surface area (Å²) in [7, 11) is 0. The topological polar surface area (TPSA) is 55.1 Å². The first-order valence-electron chi connectivity index (χ1n) is 6.90. The zero-order chi connectivity index (χ0) is 14.5. The number of benzene rings is 1. The van der Waals surface area contributed by atoms with Crippen molar-refractivity contribution in [3.05, 3.63) is 35.9 Å². The smallest absolute Gasteiger partial charge is 0.220 e. The molecule has 3 N–H and O–H groups in total. The van der Waals surface area contributed by atoms with E-state index in [1.807, 2.05) is 25.1 Å². The van der Waals surface area contributed by atoms with Crippen LogP contribution < -0.4 is 11.1 Å². The summed E-state index contributed by atoms with van der Waals surface area (Å²) in [6, 6.07) is 10.2. The summed E-state index contributed by atoms with van der Waals surface area (Å²) in [6.45, 7) is 8.33. The summed E-state index contributed by atoms with van der Waals surface area (Å²) in [5.74, 6) is 0.0704. The quantitative estimate of drug-likeness (QED) is 0.875. The number of halogens is 1. The van der Waals surface area contributed by atoms with Crippen LogP contribution in [-0.2, 0) is 4.79 Å². The normalized spacial score (nSPS) is 14.1. The monoisotopic (exact) mass is 298 g/mol. The van der Waals surface area contributed by atoms with Crippen LogP contribution in [0.1, 0.15) is 52.1 Å². The van der Waals surface area contributed by atoms with Crippen molar-refractivity contribution in [1.29, 1.82) is 0 Å². The lowest BCUT2D eigenvalue weighted by atomic mass is 9.82. The Labute approximate surface area is 128 Å². The van der Waals surface area contributed by atoms with Crippen molar-refractivity contribution in [1.82, 2.24) is 5.32 Å². The Bertz CT molecular complexity index is 399. The molecule has 0 aliphatic rings. The van der Waals surface area contributed by atoms with Crippen molar-refractivity contribution in [3.8, 4) is 0 Å². The molecule has 1 rings (SSSR count). The lowest BCUT2D eigenvalue weighted by molar-refractivity contribution is -0.122. The van der Waals surface area contributed by atoms with E-state index >= 15 is 0 Å². The molecule has 0 saturated heterocycles. The fourth-order valence-electron chi connectivity index (χ4n) is 2.04. The molecule has 0 bridgehead atoms. The van der Waals surface area contributed by atoms with E-state index in [4.69, 9.17) is 5.73 Å². The lowest BCUT2D eigenvalue weighted by Crippen LogP contribution is -2.37. The largest absolute Gasteiger partial charge is 0.349 e. The van der Waals surface area contributed by atoms with E-state index in [0.29, 0.717) is 6.42 Å². The molecule has 114 valence electrons. The van der Waals surface area contributed by atoms with Crippen LogP contribution in [0.2, 0.25) is 0 Å². The summed E-state index contributed by atoms with van der Waals surface area (Å²) in [5.41, 5.74) is 6.81. The second kappa shape index (κ2) is 8.28. The molecule has 0 aliphatic carbocycles. The Balaban J connectivity index is 0.00000361. The van der Waals surface area contributed by atoms with Gasteiger partial charge < -0.3 is 11.1 Å². The Morgan fingerprint density at radius 1 is 1.25 bits per heavy atom. The van der Waals surface area contributed by atoms with E-state index < -0.39 is 0 Å². The molecule has 0 aliphatic heterocycles. The third-order valence-electron chi connectivity index (χ3n) is 3.13. The second-order valence-corrected chi connectivity index (χ2v) is 6.29. The molecule has 0 radical (unpaired) electrons. The molecule has 0 spiro atoms. The number of hydrogen-bond donors (Lipinski definition) is 2. The minimum Gasteiger partial charge on any atom is -0.349 e. The van der Waals surface area contributed by atoms with E-state index in [2.05, 4.69) is 38.2 Å². The highest BCUT2D eigenvalue weighted by Gasteiger charge is 2.27. The van der Waals surface area contributed by atoms with Crippen molar-refractivity contribution in [2.75, 3.05) is 0 Å². The average Bonchev–Trinajstić information content (AvgIpc) is 2.33. The van der Waals surface area contributed by atoms with Gasteiger partial charge >= 0.3 is 0 Å². The number of hydrogen-bond acceptors (Lipinski definition) is 2. The standard InChI is InChI=1S/C16H26N2O.ClH/c1-12(17)10-11-14(19)18-15(16(2,3)4)13-8-6-5-7-9-13;/h5-9,12,15H,10-11,17H2,1-4H3,(H,18,19);1H. The van der Waals surface area contributed by atoms with Gasteiger partial charge in [0.1, 0.15) is 0 Å². The van der Waals surface area contributed by atoms with Crippen LogP contribution in [0.3, 0.4) is 0 Å². The maximum atomic E-state index is 12.0. The van der Waals surface area contributed by atoms with E-state index in [0.717, 1.165) is 12.0 Å². The van der Waals surface area contributed by atoms with Gasteiger partial charge in [-0.1, -0.05) is 51.1 Å². The van der Waals surface area contributed by atoms with Crippen molar-refractivity contribution in [2.24, 2.45) is 11.1 Å². The fraction of sp³-hybridized carbons (Fsp3) is 0.562. The summed E-state index contributed by atoms with van der Waals surface area (Å²) < 4.78 is 0. The van der Waals surface area contributed by atoms with Crippen LogP contribution in [0.5, 0.6) is 0 Å². The minimum absolute atomic E-state index is 0. The molecule has 3 nitrogen and oxygen atoms in total. The zero-order valence-corrected chi connectivity index (χ0v) is 13.7. The molecule has 0 saturated carbocycles. The third kappa shape index (κ3) is 6.40. The van der Waals surface area contributed by atoms with Crippen LogP contribution in [0, 0.1) is 5.41 Å². The predicted molar refractivity (Wildman–Crippen MR) is 86.9 cm³/mol. The van der Waals surface area contributed by atoms with E-state index in [1.165, 1.54) is 0 Å². The number of nitrogens with two attached hydrogens (primary N) is 1. The van der Waals surface area contributed by atoms with Gasteiger partial charge in [0.2, 0.25) is 5.91 Å². The first-order valence-corrected chi connectivity index (χ1v) is 6.90. The highest BCUT2D eigenvalue weighted by molar-refractivity contribution is 5.85. The number of carbonyl (C=O) groups is 1. The predicted octanol–water partition coefficient (Wildman–Crippen LogP) is 3.44. The number of carbonyl (C=O) groups excluding carboxylic acids is 1. The molecule has 2 atom stereocenters. The number of rotatable bonds is 5. The van der Waals surface area contributed by atoms with Crippen LogP contribution in [-0.4, -0.2) is 11.9 Å². The van der Waals surface area contributed by atoms with Gasteiger partial charge in [-0.2, -0.15) is 0 Å². The fourth-order valence-corrected chi connectivity index (χ4v) is 2.04. The zero-order valence-electron chi connectivity index (χ0n) is 12.8. The molecule has 1 aromatic rings. The summed E-state index contributed by atoms with van der Waals surface area (Å²) in [6.07, 6.45) is 1.20. The summed E-state index contributed by atoms with van der Waals surface area (Å²) >= 11 is 0. The van der Waals surface area contributed by atoms with Gasteiger partial charge in [-0.05, 0) is 24.3 Å². The Morgan fingerprint density at radius 2 is 1.80 bits per heavy atom. The van der Waals surface area contributed by atoms with Crippen molar-refractivity contribution < 1.29 is 4.79 Å². The maximum Gasteiger partial charge on any atom is 0.220 e. The lowest BCUT2D eigenvalue weighted by Gasteiger charge is -2.32. The number of amides is 1. The second-order valence-electron chi connectivity index (χ2n) is 6.29. The van der Waals surface area contributed by atoms with Crippen molar-refractivity contribution in [3.63, 3.8) is 0 Å². The van der Waals surface area contributed by atoms with Gasteiger partial charge in [0.15, 0.2) is 0 Å². The van der Waals surface area contributed by atoms with Gasteiger partial charge in [-0.25, -0.2) is 0 Å². The van der Waals surface area contributed by atoms with Crippen LogP contribution in [0.15, 0.2) is 30.3 Å². The molecule has 20 heavy (non-hydrogen) atoms.